The van der Waals surface area contributed by atoms with Crippen LogP contribution in [-0.4, -0.2) is 40.5 Å². The maximum atomic E-state index is 12.8. The second-order valence-corrected chi connectivity index (χ2v) is 8.16. The molecule has 2 aliphatic heterocycles. The van der Waals surface area contributed by atoms with Gasteiger partial charge in [-0.15, -0.1) is 0 Å². The third kappa shape index (κ3) is 3.96. The van der Waals surface area contributed by atoms with E-state index in [1.807, 2.05) is 43.0 Å². The number of rotatable bonds is 2. The van der Waals surface area contributed by atoms with Crippen molar-refractivity contribution in [3.05, 3.63) is 46.9 Å². The fraction of sp³-hybridized carbons (Fsp3) is 0.500. The molecular weight excluding hydrogens is 350 g/mol. The van der Waals surface area contributed by atoms with Crippen molar-refractivity contribution in [2.24, 2.45) is 5.92 Å². The first kappa shape index (κ1) is 18.7. The first-order chi connectivity index (χ1) is 13.5. The average Bonchev–Trinajstić information content (AvgIpc) is 2.67. The van der Waals surface area contributed by atoms with Gasteiger partial charge in [-0.05, 0) is 50.3 Å². The van der Waals surface area contributed by atoms with E-state index in [9.17, 15) is 4.79 Å². The predicted octanol–water partition coefficient (Wildman–Crippen LogP) is 3.92. The van der Waals surface area contributed by atoms with Crippen LogP contribution in [0.3, 0.4) is 0 Å². The van der Waals surface area contributed by atoms with Crippen LogP contribution in [0.5, 0.6) is 0 Å². The molecular formula is C22H29N5O. The van der Waals surface area contributed by atoms with Gasteiger partial charge in [0, 0.05) is 37.3 Å². The minimum Gasteiger partial charge on any atom is -0.356 e. The fourth-order valence-corrected chi connectivity index (χ4v) is 4.10. The van der Waals surface area contributed by atoms with Crippen molar-refractivity contribution in [2.45, 2.75) is 46.6 Å². The van der Waals surface area contributed by atoms with Gasteiger partial charge < -0.3 is 15.1 Å². The smallest absolute Gasteiger partial charge is 0.322 e. The van der Waals surface area contributed by atoms with E-state index in [2.05, 4.69) is 22.1 Å². The van der Waals surface area contributed by atoms with E-state index in [1.165, 1.54) is 12.8 Å². The summed E-state index contributed by atoms with van der Waals surface area (Å²) < 4.78 is 0. The van der Waals surface area contributed by atoms with Gasteiger partial charge in [-0.2, -0.15) is 0 Å². The number of benzene rings is 1. The van der Waals surface area contributed by atoms with Crippen molar-refractivity contribution in [1.82, 2.24) is 14.9 Å². The highest BCUT2D eigenvalue weighted by molar-refractivity contribution is 5.89. The molecule has 3 heterocycles. The number of anilines is 2. The molecule has 1 aromatic heterocycles. The van der Waals surface area contributed by atoms with Gasteiger partial charge in [0.15, 0.2) is 0 Å². The summed E-state index contributed by atoms with van der Waals surface area (Å²) >= 11 is 0. The number of aromatic nitrogens is 2. The Labute approximate surface area is 167 Å². The molecule has 148 valence electrons. The molecule has 1 N–H and O–H groups in total. The van der Waals surface area contributed by atoms with Gasteiger partial charge in [0.05, 0.1) is 12.2 Å². The molecule has 6 nitrogen and oxygen atoms in total. The lowest BCUT2D eigenvalue weighted by Crippen LogP contribution is -2.41. The van der Waals surface area contributed by atoms with Gasteiger partial charge in [-0.3, -0.25) is 0 Å². The molecule has 0 spiro atoms. The van der Waals surface area contributed by atoms with Gasteiger partial charge >= 0.3 is 6.03 Å². The molecule has 1 fully saturated rings. The van der Waals surface area contributed by atoms with Crippen LogP contribution in [0.25, 0.3) is 0 Å². The molecule has 0 aliphatic carbocycles. The number of nitrogens with one attached hydrogen (secondary N) is 1. The highest BCUT2D eigenvalue weighted by Gasteiger charge is 2.28. The van der Waals surface area contributed by atoms with Crippen LogP contribution in [-0.2, 0) is 13.0 Å². The monoisotopic (exact) mass is 379 g/mol. The molecule has 1 aromatic carbocycles. The summed E-state index contributed by atoms with van der Waals surface area (Å²) in [6, 6.07) is 7.84. The maximum Gasteiger partial charge on any atom is 0.322 e. The predicted molar refractivity (Wildman–Crippen MR) is 112 cm³/mol. The molecule has 0 saturated carbocycles. The third-order valence-electron chi connectivity index (χ3n) is 5.79. The normalized spacial score (nSPS) is 17.4. The minimum absolute atomic E-state index is 0.0601. The Morgan fingerprint density at radius 2 is 1.93 bits per heavy atom. The van der Waals surface area contributed by atoms with Crippen LogP contribution in [0.1, 0.15) is 42.4 Å². The molecule has 0 atom stereocenters. The second kappa shape index (κ2) is 7.78. The van der Waals surface area contributed by atoms with Crippen molar-refractivity contribution >= 4 is 17.5 Å². The van der Waals surface area contributed by atoms with Crippen LogP contribution in [0.15, 0.2) is 24.3 Å². The largest absolute Gasteiger partial charge is 0.356 e. The van der Waals surface area contributed by atoms with E-state index in [0.29, 0.717) is 13.1 Å². The van der Waals surface area contributed by atoms with Crippen molar-refractivity contribution in [3.8, 4) is 0 Å². The minimum atomic E-state index is -0.0601. The summed E-state index contributed by atoms with van der Waals surface area (Å²) in [7, 11) is 0. The number of aryl methyl sites for hydroxylation is 2. The first-order valence-electron chi connectivity index (χ1n) is 10.2. The van der Waals surface area contributed by atoms with E-state index in [-0.39, 0.29) is 6.03 Å². The lowest BCUT2D eigenvalue weighted by atomic mass is 9.98. The third-order valence-corrected chi connectivity index (χ3v) is 5.79. The molecule has 1 saturated heterocycles. The topological polar surface area (TPSA) is 61.4 Å². The molecule has 0 unspecified atom stereocenters. The fourth-order valence-electron chi connectivity index (χ4n) is 4.10. The standard InChI is InChI=1S/C22H29N5O/c1-15-7-10-26(11-8-15)21-19-14-27(12-9-20(19)23-17(3)24-21)22(28)25-18-6-4-5-16(2)13-18/h4-6,13,15H,7-12,14H2,1-3H3,(H,25,28). The van der Waals surface area contributed by atoms with Crippen LogP contribution in [0, 0.1) is 19.8 Å². The number of amides is 2. The maximum absolute atomic E-state index is 12.8. The molecule has 2 amide bonds. The number of nitrogens with zero attached hydrogens (tertiary/aromatic N) is 4. The van der Waals surface area contributed by atoms with E-state index in [4.69, 9.17) is 4.98 Å². The zero-order chi connectivity index (χ0) is 19.7. The lowest BCUT2D eigenvalue weighted by Gasteiger charge is -2.36. The van der Waals surface area contributed by atoms with E-state index in [1.54, 1.807) is 0 Å². The molecule has 0 bridgehead atoms. The van der Waals surface area contributed by atoms with Crippen LogP contribution < -0.4 is 10.2 Å². The number of hydrogen-bond acceptors (Lipinski definition) is 4. The average molecular weight is 380 g/mol. The number of carbonyl (C=O) groups is 1. The number of urea groups is 1. The van der Waals surface area contributed by atoms with Crippen molar-refractivity contribution < 1.29 is 4.79 Å². The van der Waals surface area contributed by atoms with E-state index < -0.39 is 0 Å². The van der Waals surface area contributed by atoms with Crippen molar-refractivity contribution in [2.75, 3.05) is 29.9 Å². The summed E-state index contributed by atoms with van der Waals surface area (Å²) in [5, 5.41) is 3.03. The number of piperidine rings is 1. The van der Waals surface area contributed by atoms with Crippen LogP contribution in [0.4, 0.5) is 16.3 Å². The second-order valence-electron chi connectivity index (χ2n) is 8.16. The molecule has 0 radical (unpaired) electrons. The Balaban J connectivity index is 1.54. The Bertz CT molecular complexity index is 873. The van der Waals surface area contributed by atoms with Crippen molar-refractivity contribution in [1.29, 1.82) is 0 Å². The Morgan fingerprint density at radius 3 is 2.68 bits per heavy atom. The van der Waals surface area contributed by atoms with Crippen LogP contribution in [0.2, 0.25) is 0 Å². The zero-order valence-corrected chi connectivity index (χ0v) is 17.0. The highest BCUT2D eigenvalue weighted by atomic mass is 16.2. The lowest BCUT2D eigenvalue weighted by molar-refractivity contribution is 0.206. The SMILES string of the molecule is Cc1cccc(NC(=O)N2CCc3nc(C)nc(N4CCC(C)CC4)c3C2)c1. The van der Waals surface area contributed by atoms with Gasteiger partial charge in [0.2, 0.25) is 0 Å². The number of hydrogen-bond donors (Lipinski definition) is 1. The van der Waals surface area contributed by atoms with Gasteiger partial charge in [0.1, 0.15) is 11.6 Å². The first-order valence-corrected chi connectivity index (χ1v) is 10.2. The Hall–Kier alpha value is -2.63. The Kier molecular flexibility index (Phi) is 5.20. The number of carbonyl (C=O) groups excluding carboxylic acids is 1. The molecule has 4 rings (SSSR count). The zero-order valence-electron chi connectivity index (χ0n) is 17.0. The van der Waals surface area contributed by atoms with Gasteiger partial charge in [0.25, 0.3) is 0 Å². The van der Waals surface area contributed by atoms with Crippen LogP contribution >= 0.6 is 0 Å². The van der Waals surface area contributed by atoms with Gasteiger partial charge in [-0.25, -0.2) is 14.8 Å². The quantitative estimate of drug-likeness (QED) is 0.859. The molecule has 2 aliphatic rings. The summed E-state index contributed by atoms with van der Waals surface area (Å²) in [4.78, 5) is 26.6. The highest BCUT2D eigenvalue weighted by Crippen LogP contribution is 2.30. The van der Waals surface area contributed by atoms with E-state index >= 15 is 0 Å². The summed E-state index contributed by atoms with van der Waals surface area (Å²) in [5.41, 5.74) is 4.18. The van der Waals surface area contributed by atoms with Crippen molar-refractivity contribution in [3.63, 3.8) is 0 Å². The van der Waals surface area contributed by atoms with Gasteiger partial charge in [-0.1, -0.05) is 19.1 Å². The molecule has 2 aromatic rings. The summed E-state index contributed by atoms with van der Waals surface area (Å²) in [6.45, 7) is 9.60. The Morgan fingerprint density at radius 1 is 1.14 bits per heavy atom. The summed E-state index contributed by atoms with van der Waals surface area (Å²) in [6.07, 6.45) is 3.15. The number of fused-ring (bicyclic) bond motifs is 1. The summed E-state index contributed by atoms with van der Waals surface area (Å²) in [5.74, 6) is 2.62. The molecule has 28 heavy (non-hydrogen) atoms. The van der Waals surface area contributed by atoms with E-state index in [0.717, 1.165) is 59.6 Å². The molecule has 6 heteroatoms.